The molecule has 2 aliphatic heterocycles. The molecule has 1 saturated heterocycles. The van der Waals surface area contributed by atoms with Gasteiger partial charge in [0.15, 0.2) is 0 Å². The van der Waals surface area contributed by atoms with Gasteiger partial charge in [0.05, 0.1) is 11.4 Å². The lowest BCUT2D eigenvalue weighted by Crippen LogP contribution is -2.48. The number of rotatable bonds is 2. The normalized spacial score (nSPS) is 17.3. The largest absolute Gasteiger partial charge is 0.339 e. The number of carbonyl (C=O) groups excluding carboxylic acids is 1. The molecule has 0 radical (unpaired) electrons. The first kappa shape index (κ1) is 17.4. The van der Waals surface area contributed by atoms with E-state index in [1.807, 2.05) is 23.1 Å². The quantitative estimate of drug-likeness (QED) is 0.808. The molecular weight excluding hydrogens is 392 g/mol. The number of hydrogen-bond donors (Lipinski definition) is 1. The zero-order valence-electron chi connectivity index (χ0n) is 14.9. The van der Waals surface area contributed by atoms with Gasteiger partial charge in [0.25, 0.3) is 0 Å². The number of halogens is 1. The molecule has 2 aromatic carbocycles. The molecule has 26 heavy (non-hydrogen) atoms. The minimum atomic E-state index is -0.0132. The van der Waals surface area contributed by atoms with E-state index < -0.39 is 0 Å². The summed E-state index contributed by atoms with van der Waals surface area (Å²) in [5.41, 5.74) is 4.47. The fourth-order valence-electron chi connectivity index (χ4n) is 3.64. The van der Waals surface area contributed by atoms with E-state index in [4.69, 9.17) is 0 Å². The Labute approximate surface area is 162 Å². The molecule has 0 aliphatic carbocycles. The Bertz CT molecular complexity index is 817. The number of likely N-dealkylation sites (N-methyl/N-ethyl adjacent to an activating group) is 1. The number of hydrogen-bond acceptors (Lipinski definition) is 3. The lowest BCUT2D eigenvalue weighted by Gasteiger charge is -2.33. The van der Waals surface area contributed by atoms with Crippen LogP contribution in [0.1, 0.15) is 5.56 Å². The minimum absolute atomic E-state index is 0.0132. The maximum absolute atomic E-state index is 12.7. The van der Waals surface area contributed by atoms with Gasteiger partial charge in [0, 0.05) is 42.9 Å². The number of anilines is 3. The van der Waals surface area contributed by atoms with Gasteiger partial charge >= 0.3 is 6.03 Å². The number of carbonyl (C=O) groups is 1. The Kier molecular flexibility index (Phi) is 4.87. The van der Waals surface area contributed by atoms with Crippen molar-refractivity contribution in [3.05, 3.63) is 52.5 Å². The van der Waals surface area contributed by atoms with E-state index in [9.17, 15) is 4.79 Å². The second-order valence-corrected chi connectivity index (χ2v) is 7.83. The van der Waals surface area contributed by atoms with Crippen LogP contribution in [0.4, 0.5) is 21.9 Å². The summed E-state index contributed by atoms with van der Waals surface area (Å²) in [5.74, 6) is 0. The predicted molar refractivity (Wildman–Crippen MR) is 109 cm³/mol. The monoisotopic (exact) mass is 414 g/mol. The van der Waals surface area contributed by atoms with Crippen molar-refractivity contribution in [2.24, 2.45) is 0 Å². The van der Waals surface area contributed by atoms with Crippen molar-refractivity contribution in [1.82, 2.24) is 9.80 Å². The standard InChI is InChI=1S/C20H23BrN4O/c1-23-10-12-24(13-11-23)20(26)22-17-4-2-3-5-19(17)25-9-8-15-14-16(21)6-7-18(15)25/h2-7,14H,8-13H2,1H3,(H,22,26). The number of urea groups is 1. The topological polar surface area (TPSA) is 38.8 Å². The SMILES string of the molecule is CN1CCN(C(=O)Nc2ccccc2N2CCc3cc(Br)ccc32)CC1. The maximum atomic E-state index is 12.7. The molecule has 1 fully saturated rings. The summed E-state index contributed by atoms with van der Waals surface area (Å²) in [6.45, 7) is 4.30. The lowest BCUT2D eigenvalue weighted by molar-refractivity contribution is 0.164. The Morgan fingerprint density at radius 2 is 1.77 bits per heavy atom. The highest BCUT2D eigenvalue weighted by atomic mass is 79.9. The molecule has 4 rings (SSSR count). The van der Waals surface area contributed by atoms with Crippen molar-refractivity contribution >= 4 is 39.0 Å². The summed E-state index contributed by atoms with van der Waals surface area (Å²) in [7, 11) is 2.09. The molecule has 0 aromatic heterocycles. The zero-order chi connectivity index (χ0) is 18.1. The second kappa shape index (κ2) is 7.29. The van der Waals surface area contributed by atoms with E-state index in [2.05, 4.69) is 62.4 Å². The number of fused-ring (bicyclic) bond motifs is 1. The Morgan fingerprint density at radius 1 is 1.00 bits per heavy atom. The molecule has 1 N–H and O–H groups in total. The number of amides is 2. The van der Waals surface area contributed by atoms with E-state index in [-0.39, 0.29) is 6.03 Å². The fourth-order valence-corrected chi connectivity index (χ4v) is 4.05. The van der Waals surface area contributed by atoms with Gasteiger partial charge in [-0.05, 0) is 49.4 Å². The van der Waals surface area contributed by atoms with Crippen molar-refractivity contribution in [2.45, 2.75) is 6.42 Å². The fraction of sp³-hybridized carbons (Fsp3) is 0.350. The third-order valence-electron chi connectivity index (χ3n) is 5.16. The maximum Gasteiger partial charge on any atom is 0.321 e. The van der Waals surface area contributed by atoms with Crippen LogP contribution in [-0.4, -0.2) is 55.6 Å². The molecule has 0 spiro atoms. The van der Waals surface area contributed by atoms with Crippen molar-refractivity contribution in [2.75, 3.05) is 50.0 Å². The van der Waals surface area contributed by atoms with Gasteiger partial charge in [0.2, 0.25) is 0 Å². The van der Waals surface area contributed by atoms with E-state index in [0.29, 0.717) is 0 Å². The number of benzene rings is 2. The highest BCUT2D eigenvalue weighted by Crippen LogP contribution is 2.39. The summed E-state index contributed by atoms with van der Waals surface area (Å²) in [6.07, 6.45) is 1.01. The van der Waals surface area contributed by atoms with Crippen LogP contribution < -0.4 is 10.2 Å². The minimum Gasteiger partial charge on any atom is -0.339 e. The van der Waals surface area contributed by atoms with Crippen molar-refractivity contribution in [1.29, 1.82) is 0 Å². The first-order valence-corrected chi connectivity index (χ1v) is 9.80. The van der Waals surface area contributed by atoms with Crippen molar-refractivity contribution in [3.63, 3.8) is 0 Å². The van der Waals surface area contributed by atoms with Crippen LogP contribution in [0.5, 0.6) is 0 Å². The smallest absolute Gasteiger partial charge is 0.321 e. The molecule has 0 bridgehead atoms. The van der Waals surface area contributed by atoms with Crippen LogP contribution in [0.3, 0.4) is 0 Å². The molecule has 5 nitrogen and oxygen atoms in total. The summed E-state index contributed by atoms with van der Waals surface area (Å²) in [4.78, 5) is 19.1. The zero-order valence-corrected chi connectivity index (χ0v) is 16.5. The first-order chi connectivity index (χ1) is 12.6. The van der Waals surface area contributed by atoms with Gasteiger partial charge in [-0.1, -0.05) is 28.1 Å². The molecule has 2 heterocycles. The van der Waals surface area contributed by atoms with Gasteiger partial charge in [-0.25, -0.2) is 4.79 Å². The van der Waals surface area contributed by atoms with Gasteiger partial charge in [0.1, 0.15) is 0 Å². The molecule has 136 valence electrons. The van der Waals surface area contributed by atoms with E-state index in [1.165, 1.54) is 11.3 Å². The van der Waals surface area contributed by atoms with Crippen LogP contribution in [0.2, 0.25) is 0 Å². The number of nitrogens with one attached hydrogen (secondary N) is 1. The molecule has 0 atom stereocenters. The molecule has 2 amide bonds. The predicted octanol–water partition coefficient (Wildman–Crippen LogP) is 3.92. The summed E-state index contributed by atoms with van der Waals surface area (Å²) in [5, 5.41) is 3.13. The van der Waals surface area contributed by atoms with Crippen LogP contribution in [-0.2, 0) is 6.42 Å². The molecule has 6 heteroatoms. The lowest BCUT2D eigenvalue weighted by atomic mass is 10.1. The highest BCUT2D eigenvalue weighted by Gasteiger charge is 2.24. The number of nitrogens with zero attached hydrogens (tertiary/aromatic N) is 3. The van der Waals surface area contributed by atoms with E-state index in [0.717, 1.165) is 55.0 Å². The third kappa shape index (κ3) is 3.44. The van der Waals surface area contributed by atoms with Gasteiger partial charge < -0.3 is 20.0 Å². The summed E-state index contributed by atoms with van der Waals surface area (Å²) in [6, 6.07) is 14.5. The Hall–Kier alpha value is -2.05. The molecule has 0 unspecified atom stereocenters. The number of para-hydroxylation sites is 2. The average molecular weight is 415 g/mol. The highest BCUT2D eigenvalue weighted by molar-refractivity contribution is 9.10. The molecule has 2 aromatic rings. The van der Waals surface area contributed by atoms with Crippen LogP contribution in [0.15, 0.2) is 46.9 Å². The second-order valence-electron chi connectivity index (χ2n) is 6.91. The summed E-state index contributed by atoms with van der Waals surface area (Å²) >= 11 is 3.55. The van der Waals surface area contributed by atoms with Crippen LogP contribution in [0, 0.1) is 0 Å². The third-order valence-corrected chi connectivity index (χ3v) is 5.66. The summed E-state index contributed by atoms with van der Waals surface area (Å²) < 4.78 is 1.11. The average Bonchev–Trinajstić information content (AvgIpc) is 3.05. The van der Waals surface area contributed by atoms with Gasteiger partial charge in [-0.15, -0.1) is 0 Å². The molecule has 0 saturated carbocycles. The molecule has 2 aliphatic rings. The van der Waals surface area contributed by atoms with E-state index >= 15 is 0 Å². The Morgan fingerprint density at radius 3 is 2.58 bits per heavy atom. The number of piperazine rings is 1. The van der Waals surface area contributed by atoms with E-state index in [1.54, 1.807) is 0 Å². The first-order valence-electron chi connectivity index (χ1n) is 9.01. The molecular formula is C20H23BrN4O. The van der Waals surface area contributed by atoms with Crippen molar-refractivity contribution < 1.29 is 4.79 Å². The van der Waals surface area contributed by atoms with Crippen LogP contribution >= 0.6 is 15.9 Å². The Balaban J connectivity index is 1.56. The van der Waals surface area contributed by atoms with Gasteiger partial charge in [-0.2, -0.15) is 0 Å². The van der Waals surface area contributed by atoms with Gasteiger partial charge in [-0.3, -0.25) is 0 Å². The van der Waals surface area contributed by atoms with Crippen LogP contribution in [0.25, 0.3) is 0 Å². The van der Waals surface area contributed by atoms with Crippen molar-refractivity contribution in [3.8, 4) is 0 Å².